The number of carbonyl (C=O) groups excluding carboxylic acids is 1. The number of benzene rings is 1. The number of anilines is 1. The molecular weight excluding hydrogens is 174 g/mol. The molecule has 0 radical (unpaired) electrons. The number of nitrogen functional groups attached to an aromatic ring is 1. The average molecular weight is 191 g/mol. The lowest BCUT2D eigenvalue weighted by molar-refractivity contribution is 0.0938. The zero-order chi connectivity index (χ0) is 10.7. The van der Waals surface area contributed by atoms with Crippen molar-refractivity contribution in [2.24, 2.45) is 5.92 Å². The SMILES string of the molecule is CCc1c(N)cccc1C(=O)C(C)C. The molecular formula is C12H17NO. The van der Waals surface area contributed by atoms with E-state index in [2.05, 4.69) is 0 Å². The topological polar surface area (TPSA) is 43.1 Å². The highest BCUT2D eigenvalue weighted by Crippen LogP contribution is 2.20. The summed E-state index contributed by atoms with van der Waals surface area (Å²) in [6, 6.07) is 5.54. The van der Waals surface area contributed by atoms with Crippen molar-refractivity contribution >= 4 is 11.5 Å². The molecule has 0 aliphatic heterocycles. The van der Waals surface area contributed by atoms with Gasteiger partial charge in [0.1, 0.15) is 0 Å². The van der Waals surface area contributed by atoms with Gasteiger partial charge in [0.25, 0.3) is 0 Å². The van der Waals surface area contributed by atoms with Gasteiger partial charge < -0.3 is 5.73 Å². The van der Waals surface area contributed by atoms with Gasteiger partial charge in [-0.3, -0.25) is 4.79 Å². The maximum Gasteiger partial charge on any atom is 0.165 e. The molecule has 0 unspecified atom stereocenters. The fourth-order valence-electron chi connectivity index (χ4n) is 1.54. The summed E-state index contributed by atoms with van der Waals surface area (Å²) < 4.78 is 0. The first-order valence-corrected chi connectivity index (χ1v) is 4.99. The van der Waals surface area contributed by atoms with Gasteiger partial charge in [-0.05, 0) is 18.1 Å². The van der Waals surface area contributed by atoms with Gasteiger partial charge in [-0.15, -0.1) is 0 Å². The number of nitrogens with two attached hydrogens (primary N) is 1. The van der Waals surface area contributed by atoms with E-state index in [0.717, 1.165) is 23.2 Å². The largest absolute Gasteiger partial charge is 0.398 e. The van der Waals surface area contributed by atoms with Gasteiger partial charge in [-0.25, -0.2) is 0 Å². The Kier molecular flexibility index (Phi) is 3.28. The molecule has 0 aliphatic rings. The van der Waals surface area contributed by atoms with E-state index in [0.29, 0.717) is 0 Å². The summed E-state index contributed by atoms with van der Waals surface area (Å²) in [6.45, 7) is 5.83. The molecule has 0 amide bonds. The molecule has 0 saturated carbocycles. The third-order valence-corrected chi connectivity index (χ3v) is 2.36. The van der Waals surface area contributed by atoms with Gasteiger partial charge in [-0.2, -0.15) is 0 Å². The Morgan fingerprint density at radius 1 is 1.43 bits per heavy atom. The predicted molar refractivity (Wildman–Crippen MR) is 59.4 cm³/mol. The molecule has 0 fully saturated rings. The standard InChI is InChI=1S/C12H17NO/c1-4-9-10(12(14)8(2)3)6-5-7-11(9)13/h5-8H,4,13H2,1-3H3. The van der Waals surface area contributed by atoms with Crippen LogP contribution in [-0.4, -0.2) is 5.78 Å². The molecule has 14 heavy (non-hydrogen) atoms. The summed E-state index contributed by atoms with van der Waals surface area (Å²) in [5.41, 5.74) is 8.30. The van der Waals surface area contributed by atoms with Crippen LogP contribution in [-0.2, 0) is 6.42 Å². The van der Waals surface area contributed by atoms with Crippen LogP contribution in [0.1, 0.15) is 36.7 Å². The van der Waals surface area contributed by atoms with Crippen molar-refractivity contribution in [1.29, 1.82) is 0 Å². The molecule has 2 nitrogen and oxygen atoms in total. The van der Waals surface area contributed by atoms with Gasteiger partial charge in [0.05, 0.1) is 0 Å². The van der Waals surface area contributed by atoms with Crippen LogP contribution in [0.15, 0.2) is 18.2 Å². The van der Waals surface area contributed by atoms with Crippen LogP contribution >= 0.6 is 0 Å². The van der Waals surface area contributed by atoms with Crippen LogP contribution in [0.2, 0.25) is 0 Å². The smallest absolute Gasteiger partial charge is 0.165 e. The minimum absolute atomic E-state index is 0.0297. The van der Waals surface area contributed by atoms with Crippen molar-refractivity contribution in [3.8, 4) is 0 Å². The molecule has 76 valence electrons. The lowest BCUT2D eigenvalue weighted by Crippen LogP contribution is -2.11. The third-order valence-electron chi connectivity index (χ3n) is 2.36. The summed E-state index contributed by atoms with van der Waals surface area (Å²) in [5, 5.41) is 0. The number of rotatable bonds is 3. The number of hydrogen-bond donors (Lipinski definition) is 1. The molecule has 1 rings (SSSR count). The summed E-state index contributed by atoms with van der Waals surface area (Å²) in [4.78, 5) is 11.8. The van der Waals surface area contributed by atoms with Crippen LogP contribution in [0, 0.1) is 5.92 Å². The minimum atomic E-state index is 0.0297. The van der Waals surface area contributed by atoms with Gasteiger partial charge in [-0.1, -0.05) is 32.9 Å². The van der Waals surface area contributed by atoms with Crippen molar-refractivity contribution in [3.63, 3.8) is 0 Å². The Balaban J connectivity index is 3.20. The predicted octanol–water partition coefficient (Wildman–Crippen LogP) is 2.67. The number of Topliss-reactive ketones (excluding diaryl/α,β-unsaturated/α-hetero) is 1. The monoisotopic (exact) mass is 191 g/mol. The van der Waals surface area contributed by atoms with Crippen molar-refractivity contribution in [2.75, 3.05) is 5.73 Å². The normalized spacial score (nSPS) is 10.6. The highest BCUT2D eigenvalue weighted by Gasteiger charge is 2.14. The molecule has 1 aromatic rings. The summed E-state index contributed by atoms with van der Waals surface area (Å²) >= 11 is 0. The Bertz CT molecular complexity index is 342. The molecule has 2 heteroatoms. The summed E-state index contributed by atoms with van der Waals surface area (Å²) in [7, 11) is 0. The van der Waals surface area contributed by atoms with E-state index < -0.39 is 0 Å². The van der Waals surface area contributed by atoms with Crippen molar-refractivity contribution in [1.82, 2.24) is 0 Å². The second kappa shape index (κ2) is 4.27. The minimum Gasteiger partial charge on any atom is -0.398 e. The Hall–Kier alpha value is -1.31. The van der Waals surface area contributed by atoms with E-state index in [1.807, 2.05) is 39.0 Å². The molecule has 0 saturated heterocycles. The third kappa shape index (κ3) is 1.95. The van der Waals surface area contributed by atoms with Gasteiger partial charge >= 0.3 is 0 Å². The Morgan fingerprint density at radius 2 is 2.07 bits per heavy atom. The van der Waals surface area contributed by atoms with E-state index in [1.54, 1.807) is 0 Å². The Morgan fingerprint density at radius 3 is 2.57 bits per heavy atom. The average Bonchev–Trinajstić information content (AvgIpc) is 2.16. The molecule has 0 aliphatic carbocycles. The number of ketones is 1. The van der Waals surface area contributed by atoms with Gasteiger partial charge in [0, 0.05) is 17.2 Å². The quantitative estimate of drug-likeness (QED) is 0.589. The van der Waals surface area contributed by atoms with E-state index in [4.69, 9.17) is 5.73 Å². The number of carbonyl (C=O) groups is 1. The highest BCUT2D eigenvalue weighted by molar-refractivity contribution is 5.99. The maximum atomic E-state index is 11.8. The summed E-state index contributed by atoms with van der Waals surface area (Å²) in [6.07, 6.45) is 0.806. The zero-order valence-electron chi connectivity index (χ0n) is 9.00. The van der Waals surface area contributed by atoms with E-state index in [-0.39, 0.29) is 11.7 Å². The second-order valence-electron chi connectivity index (χ2n) is 3.75. The van der Waals surface area contributed by atoms with E-state index in [9.17, 15) is 4.79 Å². The molecule has 2 N–H and O–H groups in total. The van der Waals surface area contributed by atoms with E-state index >= 15 is 0 Å². The van der Waals surface area contributed by atoms with Gasteiger partial charge in [0.2, 0.25) is 0 Å². The van der Waals surface area contributed by atoms with Crippen molar-refractivity contribution in [2.45, 2.75) is 27.2 Å². The second-order valence-corrected chi connectivity index (χ2v) is 3.75. The van der Waals surface area contributed by atoms with Crippen LogP contribution in [0.3, 0.4) is 0 Å². The van der Waals surface area contributed by atoms with Crippen LogP contribution in [0.4, 0.5) is 5.69 Å². The molecule has 0 aromatic heterocycles. The highest BCUT2D eigenvalue weighted by atomic mass is 16.1. The van der Waals surface area contributed by atoms with Crippen LogP contribution in [0.5, 0.6) is 0 Å². The lowest BCUT2D eigenvalue weighted by atomic mass is 9.94. The maximum absolute atomic E-state index is 11.8. The fraction of sp³-hybridized carbons (Fsp3) is 0.417. The van der Waals surface area contributed by atoms with Crippen LogP contribution in [0.25, 0.3) is 0 Å². The molecule has 0 spiro atoms. The van der Waals surface area contributed by atoms with E-state index in [1.165, 1.54) is 0 Å². The molecule has 1 aromatic carbocycles. The van der Waals surface area contributed by atoms with Crippen molar-refractivity contribution < 1.29 is 4.79 Å². The first-order valence-electron chi connectivity index (χ1n) is 4.99. The van der Waals surface area contributed by atoms with Crippen molar-refractivity contribution in [3.05, 3.63) is 29.3 Å². The first kappa shape index (κ1) is 10.8. The molecule has 0 heterocycles. The van der Waals surface area contributed by atoms with Gasteiger partial charge in [0.15, 0.2) is 5.78 Å². The molecule has 0 bridgehead atoms. The summed E-state index contributed by atoms with van der Waals surface area (Å²) in [5.74, 6) is 0.205. The Labute approximate surface area is 85.1 Å². The zero-order valence-corrected chi connectivity index (χ0v) is 9.00. The fourth-order valence-corrected chi connectivity index (χ4v) is 1.54. The first-order chi connectivity index (χ1) is 6.57. The molecule has 0 atom stereocenters. The number of hydrogen-bond acceptors (Lipinski definition) is 2. The lowest BCUT2D eigenvalue weighted by Gasteiger charge is -2.11. The van der Waals surface area contributed by atoms with Crippen LogP contribution < -0.4 is 5.73 Å².